The van der Waals surface area contributed by atoms with Crippen LogP contribution < -0.4 is 21.3 Å². The minimum absolute atomic E-state index is 0.0328. The Bertz CT molecular complexity index is 1030. The summed E-state index contributed by atoms with van der Waals surface area (Å²) >= 11 is 1.20. The van der Waals surface area contributed by atoms with E-state index in [1.54, 1.807) is 31.2 Å². The van der Waals surface area contributed by atoms with E-state index < -0.39 is 11.5 Å². The Kier molecular flexibility index (Phi) is 10.1. The maximum atomic E-state index is 12.5. The maximum absolute atomic E-state index is 12.5. The van der Waals surface area contributed by atoms with Crippen LogP contribution in [0, 0.1) is 0 Å². The van der Waals surface area contributed by atoms with Crippen LogP contribution in [0.2, 0.25) is 0 Å². The highest BCUT2D eigenvalue weighted by Crippen LogP contribution is 2.18. The zero-order valence-corrected chi connectivity index (χ0v) is 20.4. The van der Waals surface area contributed by atoms with E-state index in [2.05, 4.69) is 21.3 Å². The van der Waals surface area contributed by atoms with Crippen molar-refractivity contribution in [2.45, 2.75) is 37.7 Å². The Morgan fingerprint density at radius 2 is 1.80 bits per heavy atom. The molecule has 2 unspecified atom stereocenters. The predicted molar refractivity (Wildman–Crippen MR) is 135 cm³/mol. The standard InChI is InChI=1S/C25H30N4O5S/c1-2-34-24(33)19-10-6-7-11-20(19)28-23(32)16-35-25-27-18(15-22(31)29-25)14-21(30)26-13-12-17-8-4-3-5-9-17/h3-11,18,25,27H,2,12-16H2,1H3,(H,26,30)(H,28,32)(H,29,31). The van der Waals surface area contributed by atoms with Crippen molar-refractivity contribution in [3.8, 4) is 0 Å². The van der Waals surface area contributed by atoms with Crippen molar-refractivity contribution in [1.82, 2.24) is 16.0 Å². The Morgan fingerprint density at radius 1 is 1.06 bits per heavy atom. The van der Waals surface area contributed by atoms with Crippen molar-refractivity contribution in [2.75, 3.05) is 24.2 Å². The van der Waals surface area contributed by atoms with Gasteiger partial charge in [-0.25, -0.2) is 4.79 Å². The van der Waals surface area contributed by atoms with Crippen LogP contribution in [0.1, 0.15) is 35.7 Å². The number of ether oxygens (including phenoxy) is 1. The second kappa shape index (κ2) is 13.5. The molecule has 9 nitrogen and oxygen atoms in total. The average molecular weight is 499 g/mol. The van der Waals surface area contributed by atoms with Gasteiger partial charge in [-0.1, -0.05) is 42.5 Å². The minimum atomic E-state index is -0.512. The molecular weight excluding hydrogens is 468 g/mol. The molecule has 10 heteroatoms. The van der Waals surface area contributed by atoms with Crippen LogP contribution in [0.4, 0.5) is 5.69 Å². The van der Waals surface area contributed by atoms with E-state index in [1.807, 2.05) is 30.3 Å². The molecule has 2 aromatic carbocycles. The van der Waals surface area contributed by atoms with Crippen LogP contribution in [0.15, 0.2) is 54.6 Å². The van der Waals surface area contributed by atoms with E-state index in [4.69, 9.17) is 4.74 Å². The number of carbonyl (C=O) groups excluding carboxylic acids is 4. The lowest BCUT2D eigenvalue weighted by molar-refractivity contribution is -0.125. The lowest BCUT2D eigenvalue weighted by atomic mass is 10.1. The summed E-state index contributed by atoms with van der Waals surface area (Å²) in [4.78, 5) is 49.0. The fraction of sp³-hybridized carbons (Fsp3) is 0.360. The van der Waals surface area contributed by atoms with E-state index in [9.17, 15) is 19.2 Å². The van der Waals surface area contributed by atoms with Crippen LogP contribution in [-0.2, 0) is 25.5 Å². The number of thioether (sulfide) groups is 1. The summed E-state index contributed by atoms with van der Waals surface area (Å²) in [5.74, 6) is -1.13. The molecule has 0 radical (unpaired) electrons. The van der Waals surface area contributed by atoms with Gasteiger partial charge in [-0.3, -0.25) is 19.7 Å². The molecule has 0 aliphatic carbocycles. The van der Waals surface area contributed by atoms with Crippen molar-refractivity contribution in [3.63, 3.8) is 0 Å². The van der Waals surface area contributed by atoms with Crippen LogP contribution in [0.3, 0.4) is 0 Å². The summed E-state index contributed by atoms with van der Waals surface area (Å²) in [5.41, 5.74) is 1.27. The number of para-hydroxylation sites is 1. The molecule has 2 aromatic rings. The van der Waals surface area contributed by atoms with Crippen molar-refractivity contribution >= 4 is 41.1 Å². The molecule has 3 amide bonds. The van der Waals surface area contributed by atoms with E-state index in [1.165, 1.54) is 11.8 Å². The van der Waals surface area contributed by atoms with Gasteiger partial charge in [0.1, 0.15) is 5.50 Å². The zero-order valence-electron chi connectivity index (χ0n) is 19.5. The zero-order chi connectivity index (χ0) is 25.0. The van der Waals surface area contributed by atoms with E-state index in [-0.39, 0.29) is 54.5 Å². The lowest BCUT2D eigenvalue weighted by Gasteiger charge is -2.30. The molecule has 0 saturated carbocycles. The summed E-state index contributed by atoms with van der Waals surface area (Å²) in [6.07, 6.45) is 1.08. The summed E-state index contributed by atoms with van der Waals surface area (Å²) in [5, 5.41) is 11.6. The molecule has 4 N–H and O–H groups in total. The number of carbonyl (C=O) groups is 4. The topological polar surface area (TPSA) is 126 Å². The molecule has 0 aromatic heterocycles. The average Bonchev–Trinajstić information content (AvgIpc) is 2.83. The molecular formula is C25H30N4O5S. The Hall–Kier alpha value is -3.37. The summed E-state index contributed by atoms with van der Waals surface area (Å²) < 4.78 is 5.02. The van der Waals surface area contributed by atoms with E-state index in [0.29, 0.717) is 12.2 Å². The number of esters is 1. The fourth-order valence-electron chi connectivity index (χ4n) is 3.58. The van der Waals surface area contributed by atoms with Gasteiger partial charge in [0, 0.05) is 25.4 Å². The molecule has 2 atom stereocenters. The molecule has 0 bridgehead atoms. The highest BCUT2D eigenvalue weighted by molar-refractivity contribution is 8.00. The van der Waals surface area contributed by atoms with Gasteiger partial charge in [0.25, 0.3) is 0 Å². The van der Waals surface area contributed by atoms with E-state index in [0.717, 1.165) is 12.0 Å². The quantitative estimate of drug-likeness (QED) is 0.349. The van der Waals surface area contributed by atoms with Crippen molar-refractivity contribution in [2.24, 2.45) is 0 Å². The molecule has 3 rings (SSSR count). The number of amides is 3. The molecule has 1 aliphatic heterocycles. The first-order chi connectivity index (χ1) is 16.9. The number of nitrogens with one attached hydrogen (secondary N) is 4. The van der Waals surface area contributed by atoms with Crippen molar-refractivity contribution in [3.05, 3.63) is 65.7 Å². The third kappa shape index (κ3) is 8.73. The largest absolute Gasteiger partial charge is 0.462 e. The lowest BCUT2D eigenvalue weighted by Crippen LogP contribution is -2.56. The maximum Gasteiger partial charge on any atom is 0.340 e. The van der Waals surface area contributed by atoms with Crippen LogP contribution in [-0.4, -0.2) is 54.1 Å². The van der Waals surface area contributed by atoms with Crippen molar-refractivity contribution < 1.29 is 23.9 Å². The van der Waals surface area contributed by atoms with Gasteiger partial charge in [0.15, 0.2) is 0 Å². The van der Waals surface area contributed by atoms with Gasteiger partial charge in [0.2, 0.25) is 17.7 Å². The normalized spacial score (nSPS) is 17.2. The second-order valence-corrected chi connectivity index (χ2v) is 9.02. The number of benzene rings is 2. The first kappa shape index (κ1) is 26.2. The Balaban J connectivity index is 1.43. The van der Waals surface area contributed by atoms with Crippen LogP contribution >= 0.6 is 11.8 Å². The minimum Gasteiger partial charge on any atom is -0.462 e. The SMILES string of the molecule is CCOC(=O)c1ccccc1NC(=O)CSC1NC(=O)CC(CC(=O)NCCc2ccccc2)N1. The number of anilines is 1. The molecule has 35 heavy (non-hydrogen) atoms. The number of hydrogen-bond donors (Lipinski definition) is 4. The van der Waals surface area contributed by atoms with Gasteiger partial charge >= 0.3 is 5.97 Å². The number of rotatable bonds is 11. The molecule has 1 fully saturated rings. The third-order valence-electron chi connectivity index (χ3n) is 5.20. The summed E-state index contributed by atoms with van der Waals surface area (Å²) in [6, 6.07) is 16.2. The van der Waals surface area contributed by atoms with Gasteiger partial charge in [-0.2, -0.15) is 0 Å². The van der Waals surface area contributed by atoms with E-state index >= 15 is 0 Å². The van der Waals surface area contributed by atoms with Gasteiger partial charge in [0.05, 0.1) is 23.6 Å². The second-order valence-electron chi connectivity index (χ2n) is 7.93. The molecule has 1 heterocycles. The Morgan fingerprint density at radius 3 is 2.57 bits per heavy atom. The fourth-order valence-corrected chi connectivity index (χ4v) is 4.47. The van der Waals surface area contributed by atoms with Crippen LogP contribution in [0.5, 0.6) is 0 Å². The summed E-state index contributed by atoms with van der Waals surface area (Å²) in [6.45, 7) is 2.46. The predicted octanol–water partition coefficient (Wildman–Crippen LogP) is 2.05. The highest BCUT2D eigenvalue weighted by Gasteiger charge is 2.28. The van der Waals surface area contributed by atoms with Gasteiger partial charge in [-0.05, 0) is 31.0 Å². The Labute approximate surface area is 208 Å². The smallest absolute Gasteiger partial charge is 0.340 e. The van der Waals surface area contributed by atoms with Crippen LogP contribution in [0.25, 0.3) is 0 Å². The molecule has 186 valence electrons. The highest BCUT2D eigenvalue weighted by atomic mass is 32.2. The molecule has 1 aliphatic rings. The summed E-state index contributed by atoms with van der Waals surface area (Å²) in [7, 11) is 0. The number of hydrogen-bond acceptors (Lipinski definition) is 7. The first-order valence-electron chi connectivity index (χ1n) is 11.5. The monoisotopic (exact) mass is 498 g/mol. The van der Waals surface area contributed by atoms with Gasteiger partial charge < -0.3 is 20.7 Å². The van der Waals surface area contributed by atoms with Gasteiger partial charge in [-0.15, -0.1) is 11.8 Å². The third-order valence-corrected chi connectivity index (χ3v) is 6.22. The molecule has 0 spiro atoms. The first-order valence-corrected chi connectivity index (χ1v) is 12.5. The van der Waals surface area contributed by atoms with Crippen molar-refractivity contribution in [1.29, 1.82) is 0 Å². The molecule has 1 saturated heterocycles.